The zero-order valence-electron chi connectivity index (χ0n) is 16.1. The number of carbonyl (C=O) groups excluding carboxylic acids is 1. The lowest BCUT2D eigenvalue weighted by molar-refractivity contribution is -0.121. The highest BCUT2D eigenvalue weighted by molar-refractivity contribution is 7.89. The van der Waals surface area contributed by atoms with Crippen LogP contribution in [0.25, 0.3) is 0 Å². The molecule has 0 aliphatic heterocycles. The Morgan fingerprint density at radius 2 is 1.83 bits per heavy atom. The van der Waals surface area contributed by atoms with E-state index in [2.05, 4.69) is 10.0 Å². The van der Waals surface area contributed by atoms with E-state index in [1.165, 1.54) is 32.4 Å². The van der Waals surface area contributed by atoms with Gasteiger partial charge in [0.2, 0.25) is 15.9 Å². The Morgan fingerprint density at radius 1 is 1.13 bits per heavy atom. The second-order valence-corrected chi connectivity index (χ2v) is 7.73. The summed E-state index contributed by atoms with van der Waals surface area (Å²) >= 11 is 0. The third-order valence-electron chi connectivity index (χ3n) is 4.02. The number of carbonyl (C=O) groups is 1. The number of nitriles is 1. The van der Waals surface area contributed by atoms with Gasteiger partial charge in [0, 0.05) is 30.7 Å². The highest BCUT2D eigenvalue weighted by Crippen LogP contribution is 2.29. The minimum Gasteiger partial charge on any atom is -0.493 e. The molecule has 1 atom stereocenters. The van der Waals surface area contributed by atoms with E-state index in [0.29, 0.717) is 11.8 Å². The van der Waals surface area contributed by atoms with Crippen LogP contribution in [0, 0.1) is 23.0 Å². The molecule has 2 aromatic carbocycles. The molecule has 0 heterocycles. The fourth-order valence-electron chi connectivity index (χ4n) is 2.51. The van der Waals surface area contributed by atoms with Gasteiger partial charge in [-0.1, -0.05) is 6.07 Å². The summed E-state index contributed by atoms with van der Waals surface area (Å²) in [6.45, 7) is -0.271. The maximum absolute atomic E-state index is 13.8. The largest absolute Gasteiger partial charge is 0.493 e. The Labute approximate surface area is 172 Å². The van der Waals surface area contributed by atoms with Crippen LogP contribution in [0.4, 0.5) is 8.78 Å². The molecular formula is C19H19F2N3O5S. The van der Waals surface area contributed by atoms with Gasteiger partial charge in [-0.3, -0.25) is 4.79 Å². The maximum Gasteiger partial charge on any atom is 0.240 e. The van der Waals surface area contributed by atoms with Gasteiger partial charge < -0.3 is 14.8 Å². The van der Waals surface area contributed by atoms with Crippen LogP contribution < -0.4 is 19.5 Å². The summed E-state index contributed by atoms with van der Waals surface area (Å²) < 4.78 is 63.9. The molecular weight excluding hydrogens is 420 g/mol. The van der Waals surface area contributed by atoms with Crippen LogP contribution in [0.3, 0.4) is 0 Å². The van der Waals surface area contributed by atoms with Crippen LogP contribution >= 0.6 is 0 Å². The molecule has 0 bridgehead atoms. The monoisotopic (exact) mass is 439 g/mol. The fourth-order valence-corrected chi connectivity index (χ4v) is 3.56. The lowest BCUT2D eigenvalue weighted by Gasteiger charge is -2.13. The first kappa shape index (κ1) is 23.1. The Kier molecular flexibility index (Phi) is 7.68. The van der Waals surface area contributed by atoms with E-state index in [4.69, 9.17) is 14.7 Å². The first-order valence-electron chi connectivity index (χ1n) is 8.57. The summed E-state index contributed by atoms with van der Waals surface area (Å²) in [7, 11) is -1.17. The van der Waals surface area contributed by atoms with Crippen LogP contribution in [-0.4, -0.2) is 35.1 Å². The predicted octanol–water partition coefficient (Wildman–Crippen LogP) is 2.03. The third-order valence-corrected chi connectivity index (χ3v) is 5.48. The Hall–Kier alpha value is -3.23. The van der Waals surface area contributed by atoms with Crippen molar-refractivity contribution in [1.29, 1.82) is 5.26 Å². The lowest BCUT2D eigenvalue weighted by atomic mass is 10.1. The van der Waals surface area contributed by atoms with Crippen LogP contribution in [-0.2, 0) is 14.8 Å². The Bertz CT molecular complexity index is 1070. The average Bonchev–Trinajstić information content (AvgIpc) is 2.71. The van der Waals surface area contributed by atoms with Gasteiger partial charge in [0.05, 0.1) is 25.2 Å². The summed E-state index contributed by atoms with van der Waals surface area (Å²) in [5, 5.41) is 11.4. The van der Waals surface area contributed by atoms with Gasteiger partial charge in [0.25, 0.3) is 0 Å². The number of sulfonamides is 1. The minimum absolute atomic E-state index is 0.0937. The van der Waals surface area contributed by atoms with Gasteiger partial charge in [0.1, 0.15) is 17.7 Å². The van der Waals surface area contributed by atoms with Crippen LogP contribution in [0.5, 0.6) is 11.5 Å². The quantitative estimate of drug-likeness (QED) is 0.617. The van der Waals surface area contributed by atoms with E-state index in [-0.39, 0.29) is 29.2 Å². The molecule has 0 saturated heterocycles. The molecule has 2 aromatic rings. The highest BCUT2D eigenvalue weighted by atomic mass is 32.2. The molecule has 1 amide bonds. The number of ether oxygens (including phenoxy) is 2. The predicted molar refractivity (Wildman–Crippen MR) is 102 cm³/mol. The number of nitrogens with zero attached hydrogens (tertiary/aromatic N) is 1. The fraction of sp³-hybridized carbons (Fsp3) is 0.263. The van der Waals surface area contributed by atoms with E-state index in [1.807, 2.05) is 0 Å². The molecule has 0 radical (unpaired) electrons. The summed E-state index contributed by atoms with van der Waals surface area (Å²) in [5.74, 6) is -1.91. The molecule has 0 spiro atoms. The summed E-state index contributed by atoms with van der Waals surface area (Å²) in [4.78, 5) is 11.9. The number of methoxy groups -OCH3 is 2. The number of amides is 1. The van der Waals surface area contributed by atoms with E-state index < -0.39 is 33.6 Å². The minimum atomic E-state index is -3.94. The number of hydrogen-bond acceptors (Lipinski definition) is 6. The summed E-state index contributed by atoms with van der Waals surface area (Å²) in [5.41, 5.74) is -0.196. The standard InChI is InChI=1S/C19H19F2N3O5S/c1-28-17-6-4-13(10-18(17)29-2)30(26,27)23-8-7-19(25)24-16(11-22)14-5-3-12(20)9-15(14)21/h3-6,9-10,16,23H,7-8H2,1-2H3,(H,24,25). The van der Waals surface area contributed by atoms with Gasteiger partial charge in [-0.15, -0.1) is 0 Å². The van der Waals surface area contributed by atoms with Crippen molar-refractivity contribution in [3.8, 4) is 17.6 Å². The number of rotatable bonds is 9. The molecule has 2 rings (SSSR count). The van der Waals surface area contributed by atoms with Crippen molar-refractivity contribution in [2.75, 3.05) is 20.8 Å². The molecule has 2 N–H and O–H groups in total. The number of hydrogen-bond donors (Lipinski definition) is 2. The van der Waals surface area contributed by atoms with Gasteiger partial charge >= 0.3 is 0 Å². The van der Waals surface area contributed by atoms with Crippen LogP contribution in [0.15, 0.2) is 41.3 Å². The maximum atomic E-state index is 13.8. The normalized spacial score (nSPS) is 12.0. The third kappa shape index (κ3) is 5.65. The van der Waals surface area contributed by atoms with Crippen LogP contribution in [0.1, 0.15) is 18.0 Å². The Morgan fingerprint density at radius 3 is 2.43 bits per heavy atom. The smallest absolute Gasteiger partial charge is 0.240 e. The molecule has 11 heteroatoms. The number of nitrogens with one attached hydrogen (secondary N) is 2. The molecule has 0 saturated carbocycles. The first-order valence-corrected chi connectivity index (χ1v) is 10.1. The van der Waals surface area contributed by atoms with Crippen LogP contribution in [0.2, 0.25) is 0 Å². The van der Waals surface area contributed by atoms with Gasteiger partial charge in [-0.2, -0.15) is 5.26 Å². The molecule has 8 nitrogen and oxygen atoms in total. The molecule has 30 heavy (non-hydrogen) atoms. The topological polar surface area (TPSA) is 118 Å². The van der Waals surface area contributed by atoms with Crippen molar-refractivity contribution < 1.29 is 31.5 Å². The van der Waals surface area contributed by atoms with E-state index in [9.17, 15) is 22.0 Å². The first-order chi connectivity index (χ1) is 14.2. The average molecular weight is 439 g/mol. The summed E-state index contributed by atoms with van der Waals surface area (Å²) in [6.07, 6.45) is -0.312. The van der Waals surface area contributed by atoms with Crippen molar-refractivity contribution in [2.24, 2.45) is 0 Å². The molecule has 1 unspecified atom stereocenters. The summed E-state index contributed by atoms with van der Waals surface area (Å²) in [6, 6.07) is 6.98. The van der Waals surface area contributed by atoms with Gasteiger partial charge in [-0.05, 0) is 18.2 Å². The zero-order chi connectivity index (χ0) is 22.3. The molecule has 0 aliphatic rings. The Balaban J connectivity index is 1.98. The van der Waals surface area contributed by atoms with Crippen molar-refractivity contribution in [1.82, 2.24) is 10.0 Å². The molecule has 0 aromatic heterocycles. The second kappa shape index (κ2) is 10.00. The van der Waals surface area contributed by atoms with Crippen molar-refractivity contribution in [2.45, 2.75) is 17.4 Å². The molecule has 0 aliphatic carbocycles. The van der Waals surface area contributed by atoms with Crippen molar-refractivity contribution in [3.05, 3.63) is 53.6 Å². The highest BCUT2D eigenvalue weighted by Gasteiger charge is 2.20. The molecule has 160 valence electrons. The van der Waals surface area contributed by atoms with Gasteiger partial charge in [-0.25, -0.2) is 21.9 Å². The van der Waals surface area contributed by atoms with Crippen molar-refractivity contribution in [3.63, 3.8) is 0 Å². The van der Waals surface area contributed by atoms with E-state index in [0.717, 1.165) is 12.1 Å². The van der Waals surface area contributed by atoms with E-state index in [1.54, 1.807) is 6.07 Å². The number of halogens is 2. The van der Waals surface area contributed by atoms with Gasteiger partial charge in [0.15, 0.2) is 11.5 Å². The number of benzene rings is 2. The SMILES string of the molecule is COc1ccc(S(=O)(=O)NCCC(=O)NC(C#N)c2ccc(F)cc2F)cc1OC. The molecule has 0 fully saturated rings. The lowest BCUT2D eigenvalue weighted by Crippen LogP contribution is -2.32. The zero-order valence-corrected chi connectivity index (χ0v) is 16.9. The van der Waals surface area contributed by atoms with E-state index >= 15 is 0 Å². The van der Waals surface area contributed by atoms with Crippen molar-refractivity contribution >= 4 is 15.9 Å². The second-order valence-electron chi connectivity index (χ2n) is 5.96.